The Balaban J connectivity index is 2.55. The molecule has 1 aromatic carbocycles. The molecule has 0 saturated carbocycles. The fraction of sp³-hybridized carbons (Fsp3) is 0.417. The van der Waals surface area contributed by atoms with Gasteiger partial charge < -0.3 is 16.4 Å². The molecule has 19 heavy (non-hydrogen) atoms. The van der Waals surface area contributed by atoms with Crippen molar-refractivity contribution in [2.75, 3.05) is 24.2 Å². The molecule has 0 spiro atoms. The van der Waals surface area contributed by atoms with Crippen LogP contribution in [0.25, 0.3) is 0 Å². The Hall–Kier alpha value is -1.76. The molecule has 1 rings (SSSR count). The van der Waals surface area contributed by atoms with Crippen LogP contribution in [0.15, 0.2) is 29.2 Å². The lowest BCUT2D eigenvalue weighted by molar-refractivity contribution is 0.249. The fourth-order valence-electron chi connectivity index (χ4n) is 1.56. The molecule has 0 fully saturated rings. The first-order valence-electron chi connectivity index (χ1n) is 6.05. The first-order chi connectivity index (χ1) is 8.95. The third-order valence-corrected chi connectivity index (χ3v) is 4.38. The minimum absolute atomic E-state index is 0.155. The molecule has 0 radical (unpaired) electrons. The van der Waals surface area contributed by atoms with Crippen LogP contribution in [-0.2, 0) is 9.84 Å². The minimum atomic E-state index is -3.16. The molecule has 0 aliphatic carbocycles. The molecule has 4 N–H and O–H groups in total. The van der Waals surface area contributed by atoms with E-state index in [4.69, 9.17) is 5.73 Å². The fourth-order valence-corrected chi connectivity index (χ4v) is 2.88. The van der Waals surface area contributed by atoms with Crippen LogP contribution in [0.1, 0.15) is 13.3 Å². The van der Waals surface area contributed by atoms with Crippen molar-refractivity contribution in [2.24, 2.45) is 5.73 Å². The highest BCUT2D eigenvalue weighted by Crippen LogP contribution is 2.15. The molecule has 0 aromatic heterocycles. The molecular weight excluding hydrogens is 266 g/mol. The van der Waals surface area contributed by atoms with Gasteiger partial charge in [0.05, 0.1) is 10.6 Å². The van der Waals surface area contributed by atoms with Crippen LogP contribution < -0.4 is 16.4 Å². The minimum Gasteiger partial charge on any atom is -0.383 e. The van der Waals surface area contributed by atoms with Gasteiger partial charge in [0.15, 0.2) is 9.84 Å². The van der Waals surface area contributed by atoms with E-state index in [0.29, 0.717) is 24.4 Å². The summed E-state index contributed by atoms with van der Waals surface area (Å²) in [6, 6.07) is 5.99. The lowest BCUT2D eigenvalue weighted by atomic mass is 10.3. The average Bonchev–Trinajstić information content (AvgIpc) is 2.35. The van der Waals surface area contributed by atoms with E-state index in [0.717, 1.165) is 5.69 Å². The number of anilines is 1. The van der Waals surface area contributed by atoms with E-state index >= 15 is 0 Å². The predicted octanol–water partition coefficient (Wildman–Crippen LogP) is 0.950. The van der Waals surface area contributed by atoms with Gasteiger partial charge in [-0.1, -0.05) is 6.92 Å². The Bertz CT molecular complexity index is 512. The van der Waals surface area contributed by atoms with Crippen molar-refractivity contribution < 1.29 is 13.2 Å². The number of rotatable bonds is 7. The van der Waals surface area contributed by atoms with E-state index in [1.165, 1.54) is 0 Å². The molecule has 0 saturated heterocycles. The van der Waals surface area contributed by atoms with Crippen LogP contribution >= 0.6 is 0 Å². The maximum absolute atomic E-state index is 11.8. The van der Waals surface area contributed by atoms with E-state index in [-0.39, 0.29) is 5.75 Å². The van der Waals surface area contributed by atoms with Crippen molar-refractivity contribution in [3.8, 4) is 0 Å². The summed E-state index contributed by atoms with van der Waals surface area (Å²) < 4.78 is 23.6. The topological polar surface area (TPSA) is 101 Å². The summed E-state index contributed by atoms with van der Waals surface area (Å²) >= 11 is 0. The predicted molar refractivity (Wildman–Crippen MR) is 74.9 cm³/mol. The second-order valence-corrected chi connectivity index (χ2v) is 6.17. The second kappa shape index (κ2) is 6.98. The van der Waals surface area contributed by atoms with Gasteiger partial charge in [-0.15, -0.1) is 0 Å². The monoisotopic (exact) mass is 285 g/mol. The molecular formula is C12H19N3O3S. The van der Waals surface area contributed by atoms with Crippen molar-refractivity contribution >= 4 is 21.6 Å². The number of carbonyl (C=O) groups excluding carboxylic acids is 1. The Morgan fingerprint density at radius 3 is 2.37 bits per heavy atom. The van der Waals surface area contributed by atoms with E-state index in [2.05, 4.69) is 10.6 Å². The molecule has 0 unspecified atom stereocenters. The summed E-state index contributed by atoms with van der Waals surface area (Å²) in [6.45, 7) is 2.76. The molecule has 0 heterocycles. The summed E-state index contributed by atoms with van der Waals surface area (Å²) in [5.74, 6) is 0.155. The third kappa shape index (κ3) is 5.17. The molecule has 0 aliphatic heterocycles. The molecule has 1 aromatic rings. The first-order valence-corrected chi connectivity index (χ1v) is 7.71. The first kappa shape index (κ1) is 15.3. The summed E-state index contributed by atoms with van der Waals surface area (Å²) in [6.07, 6.45) is 0.598. The van der Waals surface area contributed by atoms with Crippen LogP contribution in [0.3, 0.4) is 0 Å². The van der Waals surface area contributed by atoms with Crippen LogP contribution in [0.4, 0.5) is 10.5 Å². The normalized spacial score (nSPS) is 11.0. The molecule has 6 nitrogen and oxygen atoms in total. The lowest BCUT2D eigenvalue weighted by Crippen LogP contribution is -2.33. The lowest BCUT2D eigenvalue weighted by Gasteiger charge is -2.08. The average molecular weight is 285 g/mol. The second-order valence-electron chi connectivity index (χ2n) is 4.06. The molecule has 0 atom stereocenters. The number of sulfone groups is 1. The van der Waals surface area contributed by atoms with Gasteiger partial charge in [0, 0.05) is 18.8 Å². The van der Waals surface area contributed by atoms with E-state index < -0.39 is 15.9 Å². The maximum atomic E-state index is 11.8. The number of hydrogen-bond donors (Lipinski definition) is 3. The summed E-state index contributed by atoms with van der Waals surface area (Å²) in [4.78, 5) is 10.8. The third-order valence-electron chi connectivity index (χ3n) is 2.44. The molecule has 2 amide bonds. The Morgan fingerprint density at radius 2 is 1.84 bits per heavy atom. The largest absolute Gasteiger partial charge is 0.383 e. The number of primary amides is 1. The van der Waals surface area contributed by atoms with Crippen molar-refractivity contribution in [3.63, 3.8) is 0 Å². The highest BCUT2D eigenvalue weighted by molar-refractivity contribution is 7.91. The van der Waals surface area contributed by atoms with Gasteiger partial charge in [-0.05, 0) is 30.7 Å². The summed E-state index contributed by atoms with van der Waals surface area (Å²) in [7, 11) is -3.16. The maximum Gasteiger partial charge on any atom is 0.312 e. The van der Waals surface area contributed by atoms with Gasteiger partial charge in [0.2, 0.25) is 0 Å². The molecule has 0 bridgehead atoms. The number of nitrogens with one attached hydrogen (secondary N) is 2. The van der Waals surface area contributed by atoms with Crippen molar-refractivity contribution in [1.29, 1.82) is 0 Å². The highest BCUT2D eigenvalue weighted by Gasteiger charge is 2.12. The van der Waals surface area contributed by atoms with Gasteiger partial charge in [0.25, 0.3) is 0 Å². The zero-order valence-corrected chi connectivity index (χ0v) is 11.7. The number of nitrogens with two attached hydrogens (primary N) is 1. The highest BCUT2D eigenvalue weighted by atomic mass is 32.2. The van der Waals surface area contributed by atoms with Gasteiger partial charge in [-0.2, -0.15) is 0 Å². The van der Waals surface area contributed by atoms with Crippen molar-refractivity contribution in [3.05, 3.63) is 24.3 Å². The van der Waals surface area contributed by atoms with Crippen LogP contribution in [0.5, 0.6) is 0 Å². The zero-order valence-electron chi connectivity index (χ0n) is 10.8. The van der Waals surface area contributed by atoms with Gasteiger partial charge >= 0.3 is 6.03 Å². The zero-order chi connectivity index (χ0) is 14.3. The number of carbonyl (C=O) groups is 1. The van der Waals surface area contributed by atoms with E-state index in [9.17, 15) is 13.2 Å². The van der Waals surface area contributed by atoms with E-state index in [1.54, 1.807) is 24.3 Å². The number of amides is 2. The summed E-state index contributed by atoms with van der Waals surface area (Å²) in [5, 5.41) is 5.49. The van der Waals surface area contributed by atoms with Crippen LogP contribution in [0.2, 0.25) is 0 Å². The Labute approximate surface area is 113 Å². The van der Waals surface area contributed by atoms with Crippen molar-refractivity contribution in [1.82, 2.24) is 5.32 Å². The quantitative estimate of drug-likeness (QED) is 0.649. The summed E-state index contributed by atoms with van der Waals surface area (Å²) in [5.41, 5.74) is 5.72. The van der Waals surface area contributed by atoms with Gasteiger partial charge in [-0.25, -0.2) is 13.2 Å². The van der Waals surface area contributed by atoms with E-state index in [1.807, 2.05) is 6.92 Å². The van der Waals surface area contributed by atoms with Crippen molar-refractivity contribution in [2.45, 2.75) is 18.2 Å². The standard InChI is InChI=1S/C12H19N3O3S/c1-2-9-19(17,18)11-5-3-10(4-6-11)14-7-8-15-12(13)16/h3-6,14H,2,7-9H2,1H3,(H3,13,15,16). The number of benzene rings is 1. The van der Waals surface area contributed by atoms with Gasteiger partial charge in [-0.3, -0.25) is 0 Å². The Kier molecular flexibility index (Phi) is 5.62. The SMILES string of the molecule is CCCS(=O)(=O)c1ccc(NCCNC(N)=O)cc1. The van der Waals surface area contributed by atoms with Gasteiger partial charge in [0.1, 0.15) is 0 Å². The van der Waals surface area contributed by atoms with Crippen LogP contribution in [0, 0.1) is 0 Å². The molecule has 106 valence electrons. The number of hydrogen-bond acceptors (Lipinski definition) is 4. The van der Waals surface area contributed by atoms with Crippen LogP contribution in [-0.4, -0.2) is 33.3 Å². The smallest absolute Gasteiger partial charge is 0.312 e. The molecule has 7 heteroatoms. The number of urea groups is 1. The molecule has 0 aliphatic rings. The Morgan fingerprint density at radius 1 is 1.21 bits per heavy atom.